The molecule has 1 unspecified atom stereocenters. The molecule has 0 bridgehead atoms. The van der Waals surface area contributed by atoms with Crippen molar-refractivity contribution in [1.29, 1.82) is 0 Å². The first kappa shape index (κ1) is 13.6. The van der Waals surface area contributed by atoms with Crippen LogP contribution in [-0.4, -0.2) is 21.3 Å². The predicted octanol–water partition coefficient (Wildman–Crippen LogP) is 1.40. The molecule has 0 aliphatic carbocycles. The summed E-state index contributed by atoms with van der Waals surface area (Å²) in [7, 11) is 0. The number of hydrogen-bond donors (Lipinski definition) is 2. The van der Waals surface area contributed by atoms with Crippen LogP contribution in [0.4, 0.5) is 8.78 Å². The van der Waals surface area contributed by atoms with Gasteiger partial charge in [0.1, 0.15) is 11.6 Å². The van der Waals surface area contributed by atoms with Crippen molar-refractivity contribution >= 4 is 0 Å². The number of imidazole rings is 1. The number of nitrogens with zero attached hydrogens (tertiary/aromatic N) is 2. The third-order valence-electron chi connectivity index (χ3n) is 2.88. The molecule has 2 aromatic rings. The van der Waals surface area contributed by atoms with Gasteiger partial charge in [0.2, 0.25) is 0 Å². The Kier molecular flexibility index (Phi) is 4.24. The molecule has 1 heterocycles. The summed E-state index contributed by atoms with van der Waals surface area (Å²) in [5, 5.41) is 9.02. The lowest BCUT2D eigenvalue weighted by atomic mass is 10.1. The highest BCUT2D eigenvalue weighted by Gasteiger charge is 2.10. The van der Waals surface area contributed by atoms with Crippen molar-refractivity contribution in [3.8, 4) is 0 Å². The van der Waals surface area contributed by atoms with Gasteiger partial charge >= 0.3 is 0 Å². The Labute approximate surface area is 109 Å². The lowest BCUT2D eigenvalue weighted by molar-refractivity contribution is 0.263. The average Bonchev–Trinajstić information content (AvgIpc) is 2.82. The molecule has 0 aliphatic rings. The van der Waals surface area contributed by atoms with Crippen LogP contribution in [0.25, 0.3) is 0 Å². The zero-order valence-corrected chi connectivity index (χ0v) is 10.3. The SMILES string of the molecule is NC(CO)c1cncn1CCc1cc(F)cc(F)c1. The largest absolute Gasteiger partial charge is 0.394 e. The second kappa shape index (κ2) is 5.90. The Balaban J connectivity index is 2.08. The standard InChI is InChI=1S/C13H15F2N3O/c14-10-3-9(4-11(15)5-10)1-2-18-8-17-6-13(18)12(16)7-19/h3-6,8,12,19H,1-2,7,16H2. The van der Waals surface area contributed by atoms with Crippen LogP contribution >= 0.6 is 0 Å². The smallest absolute Gasteiger partial charge is 0.126 e. The molecule has 0 amide bonds. The average molecular weight is 267 g/mol. The van der Waals surface area contributed by atoms with E-state index >= 15 is 0 Å². The van der Waals surface area contributed by atoms with Gasteiger partial charge < -0.3 is 15.4 Å². The van der Waals surface area contributed by atoms with Crippen molar-refractivity contribution in [2.24, 2.45) is 5.73 Å². The molecule has 1 aromatic carbocycles. The van der Waals surface area contributed by atoms with E-state index in [1.165, 1.54) is 12.1 Å². The molecule has 0 saturated carbocycles. The fraction of sp³-hybridized carbons (Fsp3) is 0.308. The Morgan fingerprint density at radius 2 is 1.95 bits per heavy atom. The Hall–Kier alpha value is -1.79. The molecule has 2 rings (SSSR count). The van der Waals surface area contributed by atoms with E-state index in [-0.39, 0.29) is 6.61 Å². The highest BCUT2D eigenvalue weighted by atomic mass is 19.1. The van der Waals surface area contributed by atoms with Crippen LogP contribution < -0.4 is 5.73 Å². The summed E-state index contributed by atoms with van der Waals surface area (Å²) in [6.07, 6.45) is 3.61. The molecule has 6 heteroatoms. The summed E-state index contributed by atoms with van der Waals surface area (Å²) < 4.78 is 27.9. The van der Waals surface area contributed by atoms with E-state index in [1.54, 1.807) is 17.1 Å². The van der Waals surface area contributed by atoms with Crippen molar-refractivity contribution in [3.05, 3.63) is 53.6 Å². The lowest BCUT2D eigenvalue weighted by Gasteiger charge is -2.12. The van der Waals surface area contributed by atoms with E-state index in [2.05, 4.69) is 4.98 Å². The molecule has 1 atom stereocenters. The van der Waals surface area contributed by atoms with Gasteiger partial charge in [-0.25, -0.2) is 13.8 Å². The highest BCUT2D eigenvalue weighted by molar-refractivity contribution is 5.18. The summed E-state index contributed by atoms with van der Waals surface area (Å²) >= 11 is 0. The molecule has 1 aromatic heterocycles. The Bertz CT molecular complexity index is 536. The molecular weight excluding hydrogens is 252 g/mol. The lowest BCUT2D eigenvalue weighted by Crippen LogP contribution is -2.19. The van der Waals surface area contributed by atoms with Crippen LogP contribution in [0.3, 0.4) is 0 Å². The minimum absolute atomic E-state index is 0.180. The molecule has 0 saturated heterocycles. The van der Waals surface area contributed by atoms with E-state index in [0.717, 1.165) is 6.07 Å². The quantitative estimate of drug-likeness (QED) is 0.860. The van der Waals surface area contributed by atoms with Crippen molar-refractivity contribution < 1.29 is 13.9 Å². The van der Waals surface area contributed by atoms with Gasteiger partial charge in [0.05, 0.1) is 24.7 Å². The van der Waals surface area contributed by atoms with Gasteiger partial charge in [-0.3, -0.25) is 0 Å². The zero-order valence-electron chi connectivity index (χ0n) is 10.3. The number of aromatic nitrogens is 2. The van der Waals surface area contributed by atoms with Crippen LogP contribution in [0, 0.1) is 11.6 Å². The fourth-order valence-corrected chi connectivity index (χ4v) is 1.92. The van der Waals surface area contributed by atoms with Crippen LogP contribution in [0.5, 0.6) is 0 Å². The Morgan fingerprint density at radius 3 is 2.58 bits per heavy atom. The van der Waals surface area contributed by atoms with E-state index in [1.807, 2.05) is 0 Å². The zero-order chi connectivity index (χ0) is 13.8. The minimum Gasteiger partial charge on any atom is -0.394 e. The first-order valence-corrected chi connectivity index (χ1v) is 5.91. The summed E-state index contributed by atoms with van der Waals surface area (Å²) in [6.45, 7) is 0.312. The first-order chi connectivity index (χ1) is 9.10. The second-order valence-electron chi connectivity index (χ2n) is 4.33. The van der Waals surface area contributed by atoms with E-state index < -0.39 is 17.7 Å². The third kappa shape index (κ3) is 3.36. The van der Waals surface area contributed by atoms with Crippen molar-refractivity contribution in [3.63, 3.8) is 0 Å². The number of halogens is 2. The number of aliphatic hydroxyl groups excluding tert-OH is 1. The molecule has 102 valence electrons. The molecule has 0 aliphatic heterocycles. The normalized spacial score (nSPS) is 12.6. The summed E-state index contributed by atoms with van der Waals surface area (Å²) in [6, 6.07) is 2.93. The monoisotopic (exact) mass is 267 g/mol. The number of aliphatic hydroxyl groups is 1. The molecule has 3 N–H and O–H groups in total. The van der Waals surface area contributed by atoms with Gasteiger partial charge in [0, 0.05) is 18.8 Å². The van der Waals surface area contributed by atoms with Crippen LogP contribution in [-0.2, 0) is 13.0 Å². The molecule has 19 heavy (non-hydrogen) atoms. The molecule has 4 nitrogen and oxygen atoms in total. The van der Waals surface area contributed by atoms with E-state index in [4.69, 9.17) is 10.8 Å². The maximum Gasteiger partial charge on any atom is 0.126 e. The maximum absolute atomic E-state index is 13.0. The minimum atomic E-state index is -0.590. The predicted molar refractivity (Wildman–Crippen MR) is 66.3 cm³/mol. The number of hydrogen-bond acceptors (Lipinski definition) is 3. The maximum atomic E-state index is 13.0. The summed E-state index contributed by atoms with van der Waals surface area (Å²) in [5.41, 5.74) is 6.98. The molecule has 0 fully saturated rings. The van der Waals surface area contributed by atoms with Gasteiger partial charge in [0.15, 0.2) is 0 Å². The number of aryl methyl sites for hydroxylation is 2. The number of rotatable bonds is 5. The van der Waals surface area contributed by atoms with Crippen LogP contribution in [0.15, 0.2) is 30.7 Å². The topological polar surface area (TPSA) is 64.1 Å². The van der Waals surface area contributed by atoms with E-state index in [9.17, 15) is 8.78 Å². The highest BCUT2D eigenvalue weighted by Crippen LogP contribution is 2.12. The van der Waals surface area contributed by atoms with Crippen LogP contribution in [0.1, 0.15) is 17.3 Å². The van der Waals surface area contributed by atoms with Gasteiger partial charge in [-0.05, 0) is 24.1 Å². The third-order valence-corrected chi connectivity index (χ3v) is 2.88. The van der Waals surface area contributed by atoms with Crippen LogP contribution in [0.2, 0.25) is 0 Å². The molecule has 0 radical (unpaired) electrons. The van der Waals surface area contributed by atoms with Gasteiger partial charge in [-0.1, -0.05) is 0 Å². The van der Waals surface area contributed by atoms with Gasteiger partial charge in [-0.15, -0.1) is 0 Å². The summed E-state index contributed by atoms with van der Waals surface area (Å²) in [4.78, 5) is 3.96. The number of nitrogens with two attached hydrogens (primary N) is 1. The molecule has 0 spiro atoms. The van der Waals surface area contributed by atoms with Gasteiger partial charge in [-0.2, -0.15) is 0 Å². The van der Waals surface area contributed by atoms with E-state index in [0.29, 0.717) is 24.2 Å². The summed E-state index contributed by atoms with van der Waals surface area (Å²) in [5.74, 6) is -1.18. The first-order valence-electron chi connectivity index (χ1n) is 5.91. The van der Waals surface area contributed by atoms with Crippen molar-refractivity contribution in [2.45, 2.75) is 19.0 Å². The fourth-order valence-electron chi connectivity index (χ4n) is 1.92. The molecular formula is C13H15F2N3O. The van der Waals surface area contributed by atoms with Gasteiger partial charge in [0.25, 0.3) is 0 Å². The Morgan fingerprint density at radius 1 is 1.26 bits per heavy atom. The van der Waals surface area contributed by atoms with Crippen molar-refractivity contribution in [1.82, 2.24) is 9.55 Å². The number of benzene rings is 1. The van der Waals surface area contributed by atoms with Crippen molar-refractivity contribution in [2.75, 3.05) is 6.61 Å². The second-order valence-corrected chi connectivity index (χ2v) is 4.33.